The van der Waals surface area contributed by atoms with Gasteiger partial charge in [0.1, 0.15) is 5.58 Å². The molecular weight excluding hydrogens is 352 g/mol. The van der Waals surface area contributed by atoms with Crippen molar-refractivity contribution >= 4 is 21.9 Å². The summed E-state index contributed by atoms with van der Waals surface area (Å²) in [5.74, 6) is 0. The van der Waals surface area contributed by atoms with Gasteiger partial charge in [-0.1, -0.05) is 36.4 Å². The zero-order chi connectivity index (χ0) is 16.4. The lowest BCUT2D eigenvalue weighted by molar-refractivity contribution is -0.00000522. The van der Waals surface area contributed by atoms with Crippen LogP contribution in [0.1, 0.15) is 0 Å². The van der Waals surface area contributed by atoms with E-state index in [1.165, 1.54) is 15.9 Å². The van der Waals surface area contributed by atoms with Gasteiger partial charge in [-0.05, 0) is 42.5 Å². The second kappa shape index (κ2) is 7.60. The van der Waals surface area contributed by atoms with Gasteiger partial charge in [0.25, 0.3) is 0 Å². The summed E-state index contributed by atoms with van der Waals surface area (Å²) >= 11 is 0. The van der Waals surface area contributed by atoms with E-state index in [1.807, 2.05) is 24.3 Å². The highest BCUT2D eigenvalue weighted by molar-refractivity contribution is 7.97. The summed E-state index contributed by atoms with van der Waals surface area (Å²) in [5.41, 5.74) is 0.309. The van der Waals surface area contributed by atoms with Gasteiger partial charge in [-0.15, -0.1) is 0 Å². The zero-order valence-corrected chi connectivity index (χ0v) is 14.8. The van der Waals surface area contributed by atoms with Crippen LogP contribution in [0.2, 0.25) is 0 Å². The standard InChI is InChI=1S/C21H15O2S.ClH/c22-21-14-12-16-11-13-19(15-20(16)23-21)24(17-7-3-1-4-8-17)18-9-5-2-6-10-18;/h1-15H;1H/q+1;/p-1. The molecule has 1 aromatic heterocycles. The number of benzene rings is 3. The summed E-state index contributed by atoms with van der Waals surface area (Å²) in [6.45, 7) is 0. The van der Waals surface area contributed by atoms with E-state index in [0.29, 0.717) is 5.58 Å². The van der Waals surface area contributed by atoms with Crippen molar-refractivity contribution in [2.45, 2.75) is 14.7 Å². The third-order valence-corrected chi connectivity index (χ3v) is 6.00. The van der Waals surface area contributed by atoms with E-state index in [2.05, 4.69) is 54.6 Å². The Labute approximate surface area is 154 Å². The summed E-state index contributed by atoms with van der Waals surface area (Å²) in [7, 11) is -0.239. The predicted octanol–water partition coefficient (Wildman–Crippen LogP) is 1.89. The Balaban J connectivity index is 0.00000182. The van der Waals surface area contributed by atoms with Crippen LogP contribution in [0.25, 0.3) is 11.0 Å². The minimum absolute atomic E-state index is 0. The number of hydrogen-bond acceptors (Lipinski definition) is 2. The van der Waals surface area contributed by atoms with E-state index in [9.17, 15) is 4.79 Å². The van der Waals surface area contributed by atoms with Crippen LogP contribution in [-0.2, 0) is 10.9 Å². The number of fused-ring (bicyclic) bond motifs is 1. The fraction of sp³-hybridized carbons (Fsp3) is 0. The Morgan fingerprint density at radius 1 is 0.640 bits per heavy atom. The molecule has 0 saturated heterocycles. The van der Waals surface area contributed by atoms with E-state index in [1.54, 1.807) is 6.07 Å². The minimum atomic E-state index is -0.320. The summed E-state index contributed by atoms with van der Waals surface area (Å²) in [5, 5.41) is 0.933. The van der Waals surface area contributed by atoms with Crippen LogP contribution in [0.5, 0.6) is 0 Å². The second-order valence-electron chi connectivity index (χ2n) is 5.39. The summed E-state index contributed by atoms with van der Waals surface area (Å²) in [6, 6.07) is 30.2. The lowest BCUT2D eigenvalue weighted by Gasteiger charge is -2.08. The quantitative estimate of drug-likeness (QED) is 0.409. The molecule has 25 heavy (non-hydrogen) atoms. The highest BCUT2D eigenvalue weighted by Gasteiger charge is 2.28. The van der Waals surface area contributed by atoms with Crippen LogP contribution < -0.4 is 18.0 Å². The molecule has 3 aromatic carbocycles. The topological polar surface area (TPSA) is 30.2 Å². The van der Waals surface area contributed by atoms with Crippen molar-refractivity contribution in [3.05, 3.63) is 101 Å². The lowest BCUT2D eigenvalue weighted by atomic mass is 10.2. The van der Waals surface area contributed by atoms with Gasteiger partial charge in [0.05, 0.1) is 10.9 Å². The molecule has 0 atom stereocenters. The molecule has 0 saturated carbocycles. The van der Waals surface area contributed by atoms with Crippen LogP contribution in [0.3, 0.4) is 0 Å². The van der Waals surface area contributed by atoms with Crippen molar-refractivity contribution in [1.29, 1.82) is 0 Å². The molecule has 0 aliphatic carbocycles. The largest absolute Gasteiger partial charge is 1.00 e. The van der Waals surface area contributed by atoms with E-state index >= 15 is 0 Å². The normalized spacial score (nSPS) is 10.6. The second-order valence-corrected chi connectivity index (χ2v) is 7.41. The maximum absolute atomic E-state index is 11.5. The Morgan fingerprint density at radius 2 is 1.20 bits per heavy atom. The number of halogens is 1. The third kappa shape index (κ3) is 3.63. The average Bonchev–Trinajstić information content (AvgIpc) is 2.63. The first-order valence-electron chi connectivity index (χ1n) is 7.69. The monoisotopic (exact) mass is 366 g/mol. The maximum atomic E-state index is 11.5. The van der Waals surface area contributed by atoms with Gasteiger partial charge in [0.2, 0.25) is 0 Å². The molecule has 4 rings (SSSR count). The SMILES string of the molecule is O=c1ccc2ccc([S+](c3ccccc3)c3ccccc3)cc2o1.[Cl-]. The first-order valence-corrected chi connectivity index (χ1v) is 8.92. The van der Waals surface area contributed by atoms with Crippen molar-refractivity contribution in [1.82, 2.24) is 0 Å². The molecular formula is C21H15ClO2S. The smallest absolute Gasteiger partial charge is 0.336 e. The van der Waals surface area contributed by atoms with Crippen molar-refractivity contribution in [3.8, 4) is 0 Å². The van der Waals surface area contributed by atoms with Crippen molar-refractivity contribution in [2.75, 3.05) is 0 Å². The van der Waals surface area contributed by atoms with E-state index < -0.39 is 0 Å². The van der Waals surface area contributed by atoms with Gasteiger partial charge >= 0.3 is 5.63 Å². The Hall–Kier alpha value is -2.49. The summed E-state index contributed by atoms with van der Waals surface area (Å²) in [6.07, 6.45) is 0. The van der Waals surface area contributed by atoms with Crippen molar-refractivity contribution in [3.63, 3.8) is 0 Å². The molecule has 124 valence electrons. The lowest BCUT2D eigenvalue weighted by Crippen LogP contribution is -3.00. The zero-order valence-electron chi connectivity index (χ0n) is 13.3. The molecule has 2 nitrogen and oxygen atoms in total. The third-order valence-electron chi connectivity index (χ3n) is 3.79. The first-order chi connectivity index (χ1) is 11.8. The Kier molecular flexibility index (Phi) is 5.27. The molecule has 1 heterocycles. The highest BCUT2D eigenvalue weighted by atomic mass is 35.5. The van der Waals surface area contributed by atoms with Gasteiger partial charge in [-0.2, -0.15) is 0 Å². The molecule has 0 aliphatic heterocycles. The molecule has 4 aromatic rings. The van der Waals surface area contributed by atoms with Gasteiger partial charge < -0.3 is 16.8 Å². The predicted molar refractivity (Wildman–Crippen MR) is 97.5 cm³/mol. The molecule has 0 radical (unpaired) electrons. The Bertz CT molecular complexity index is 990. The van der Waals surface area contributed by atoms with Crippen LogP contribution in [-0.4, -0.2) is 0 Å². The minimum Gasteiger partial charge on any atom is -1.00 e. The summed E-state index contributed by atoms with van der Waals surface area (Å²) in [4.78, 5) is 15.1. The van der Waals surface area contributed by atoms with Gasteiger partial charge in [-0.3, -0.25) is 0 Å². The molecule has 0 amide bonds. The van der Waals surface area contributed by atoms with Gasteiger partial charge in [0.15, 0.2) is 14.7 Å². The van der Waals surface area contributed by atoms with Crippen LogP contribution in [0, 0.1) is 0 Å². The molecule has 0 bridgehead atoms. The highest BCUT2D eigenvalue weighted by Crippen LogP contribution is 2.32. The van der Waals surface area contributed by atoms with E-state index in [4.69, 9.17) is 4.42 Å². The van der Waals surface area contributed by atoms with Gasteiger partial charge in [0, 0.05) is 17.5 Å². The average molecular weight is 367 g/mol. The molecule has 4 heteroatoms. The van der Waals surface area contributed by atoms with Crippen molar-refractivity contribution in [2.24, 2.45) is 0 Å². The maximum Gasteiger partial charge on any atom is 0.336 e. The number of rotatable bonds is 3. The molecule has 0 N–H and O–H groups in total. The van der Waals surface area contributed by atoms with Gasteiger partial charge in [-0.25, -0.2) is 4.79 Å². The molecule has 0 unspecified atom stereocenters. The Morgan fingerprint density at radius 3 is 1.80 bits per heavy atom. The fourth-order valence-corrected chi connectivity index (χ4v) is 4.79. The van der Waals surface area contributed by atoms with E-state index in [-0.39, 0.29) is 28.9 Å². The fourth-order valence-electron chi connectivity index (χ4n) is 2.69. The van der Waals surface area contributed by atoms with Crippen LogP contribution in [0.4, 0.5) is 0 Å². The molecule has 0 aliphatic rings. The molecule has 0 spiro atoms. The van der Waals surface area contributed by atoms with Crippen LogP contribution in [0.15, 0.2) is 115 Å². The van der Waals surface area contributed by atoms with E-state index in [0.717, 1.165) is 10.3 Å². The number of hydrogen-bond donors (Lipinski definition) is 0. The first kappa shape index (κ1) is 17.3. The van der Waals surface area contributed by atoms with Crippen molar-refractivity contribution < 1.29 is 16.8 Å². The summed E-state index contributed by atoms with van der Waals surface area (Å²) < 4.78 is 5.37. The molecule has 0 fully saturated rings. The van der Waals surface area contributed by atoms with Crippen LogP contribution >= 0.6 is 0 Å².